The van der Waals surface area contributed by atoms with Crippen LogP contribution in [0.3, 0.4) is 0 Å². The first-order chi connectivity index (χ1) is 4.70. The quantitative estimate of drug-likeness (QED) is 0.624. The van der Waals surface area contributed by atoms with Gasteiger partial charge in [-0.2, -0.15) is 0 Å². The molecule has 10 heavy (non-hydrogen) atoms. The van der Waals surface area contributed by atoms with Crippen LogP contribution < -0.4 is 5.32 Å². The summed E-state index contributed by atoms with van der Waals surface area (Å²) in [6, 6.07) is 0. The summed E-state index contributed by atoms with van der Waals surface area (Å²) in [7, 11) is 1.84. The second kappa shape index (κ2) is 5.18. The van der Waals surface area contributed by atoms with Gasteiger partial charge in [-0.15, -0.1) is 11.8 Å². The molecule has 0 unspecified atom stereocenters. The summed E-state index contributed by atoms with van der Waals surface area (Å²) in [6.45, 7) is 7.52. The maximum absolute atomic E-state index is 3.79. The van der Waals surface area contributed by atoms with Gasteiger partial charge in [-0.1, -0.05) is 13.2 Å². The van der Waals surface area contributed by atoms with Crippen molar-refractivity contribution >= 4 is 11.8 Å². The van der Waals surface area contributed by atoms with E-state index in [1.807, 2.05) is 25.5 Å². The van der Waals surface area contributed by atoms with Gasteiger partial charge in [0.1, 0.15) is 0 Å². The molecule has 0 aromatic carbocycles. The molecule has 0 atom stereocenters. The smallest absolute Gasteiger partial charge is 0.0264 e. The molecule has 0 radical (unpaired) electrons. The zero-order valence-electron chi connectivity index (χ0n) is 6.48. The second-order valence-electron chi connectivity index (χ2n) is 1.78. The SMILES string of the molecule is C=C(/C=C\C(=C)SC)NC. The van der Waals surface area contributed by atoms with E-state index in [4.69, 9.17) is 0 Å². The summed E-state index contributed by atoms with van der Waals surface area (Å²) in [5.41, 5.74) is 0.898. The van der Waals surface area contributed by atoms with E-state index in [9.17, 15) is 0 Å². The zero-order chi connectivity index (χ0) is 7.98. The summed E-state index contributed by atoms with van der Waals surface area (Å²) < 4.78 is 0. The molecule has 0 aliphatic rings. The van der Waals surface area contributed by atoms with Crippen LogP contribution in [-0.4, -0.2) is 13.3 Å². The van der Waals surface area contributed by atoms with Gasteiger partial charge in [0.25, 0.3) is 0 Å². The van der Waals surface area contributed by atoms with E-state index in [0.29, 0.717) is 0 Å². The van der Waals surface area contributed by atoms with Gasteiger partial charge in [0, 0.05) is 12.7 Å². The summed E-state index contributed by atoms with van der Waals surface area (Å²) in [5, 5.41) is 2.91. The predicted octanol–water partition coefficient (Wildman–Crippen LogP) is 2.15. The van der Waals surface area contributed by atoms with Gasteiger partial charge in [0.05, 0.1) is 0 Å². The number of allylic oxidation sites excluding steroid dienone is 2. The lowest BCUT2D eigenvalue weighted by Crippen LogP contribution is -2.00. The third-order valence-electron chi connectivity index (χ3n) is 1.05. The monoisotopic (exact) mass is 155 g/mol. The van der Waals surface area contributed by atoms with Crippen LogP contribution in [0.2, 0.25) is 0 Å². The Morgan fingerprint density at radius 3 is 2.40 bits per heavy atom. The van der Waals surface area contributed by atoms with Crippen LogP contribution in [-0.2, 0) is 0 Å². The number of likely N-dealkylation sites (N-methyl/N-ethyl adjacent to an activating group) is 1. The molecule has 0 aromatic rings. The molecule has 0 bridgehead atoms. The number of nitrogens with one attached hydrogen (secondary N) is 1. The average Bonchev–Trinajstić information content (AvgIpc) is 1.99. The average molecular weight is 155 g/mol. The molecule has 0 spiro atoms. The molecular weight excluding hydrogens is 142 g/mol. The van der Waals surface area contributed by atoms with Gasteiger partial charge >= 0.3 is 0 Å². The second-order valence-corrected chi connectivity index (χ2v) is 2.71. The summed E-state index contributed by atoms with van der Waals surface area (Å²) in [6.07, 6.45) is 5.83. The van der Waals surface area contributed by atoms with Crippen molar-refractivity contribution in [1.29, 1.82) is 0 Å². The zero-order valence-corrected chi connectivity index (χ0v) is 7.29. The lowest BCUT2D eigenvalue weighted by atomic mass is 10.4. The third-order valence-corrected chi connectivity index (χ3v) is 1.71. The molecule has 0 saturated carbocycles. The van der Waals surface area contributed by atoms with Crippen LogP contribution >= 0.6 is 11.8 Å². The molecular formula is C8H13NS. The summed E-state index contributed by atoms with van der Waals surface area (Å²) in [5.74, 6) is 0. The highest BCUT2D eigenvalue weighted by atomic mass is 32.2. The Morgan fingerprint density at radius 1 is 1.40 bits per heavy atom. The molecule has 0 rings (SSSR count). The highest BCUT2D eigenvalue weighted by Gasteiger charge is 1.82. The van der Waals surface area contributed by atoms with Crippen LogP contribution in [0.15, 0.2) is 35.9 Å². The summed E-state index contributed by atoms with van der Waals surface area (Å²) >= 11 is 1.63. The number of hydrogen-bond acceptors (Lipinski definition) is 2. The predicted molar refractivity (Wildman–Crippen MR) is 50.0 cm³/mol. The van der Waals surface area contributed by atoms with Crippen molar-refractivity contribution in [2.24, 2.45) is 0 Å². The number of rotatable bonds is 4. The highest BCUT2D eigenvalue weighted by Crippen LogP contribution is 2.09. The number of hydrogen-bond donors (Lipinski definition) is 1. The van der Waals surface area contributed by atoms with Crippen molar-refractivity contribution < 1.29 is 0 Å². The van der Waals surface area contributed by atoms with E-state index in [0.717, 1.165) is 10.6 Å². The van der Waals surface area contributed by atoms with Crippen molar-refractivity contribution in [2.45, 2.75) is 0 Å². The van der Waals surface area contributed by atoms with Gasteiger partial charge in [0.15, 0.2) is 0 Å². The Hall–Kier alpha value is -0.630. The first-order valence-corrected chi connectivity index (χ1v) is 4.20. The molecule has 0 amide bonds. The third kappa shape index (κ3) is 4.27. The van der Waals surface area contributed by atoms with Gasteiger partial charge in [-0.25, -0.2) is 0 Å². The fourth-order valence-corrected chi connectivity index (χ4v) is 0.549. The van der Waals surface area contributed by atoms with Crippen molar-refractivity contribution in [3.05, 3.63) is 35.9 Å². The van der Waals surface area contributed by atoms with E-state index >= 15 is 0 Å². The Balaban J connectivity index is 3.75. The van der Waals surface area contributed by atoms with Crippen molar-refractivity contribution in [1.82, 2.24) is 5.32 Å². The van der Waals surface area contributed by atoms with E-state index in [2.05, 4.69) is 18.5 Å². The minimum Gasteiger partial charge on any atom is -0.389 e. The molecule has 0 aliphatic heterocycles. The maximum atomic E-state index is 3.79. The van der Waals surface area contributed by atoms with Gasteiger partial charge in [-0.3, -0.25) is 0 Å². The van der Waals surface area contributed by atoms with Crippen LogP contribution in [0.5, 0.6) is 0 Å². The first kappa shape index (κ1) is 9.37. The van der Waals surface area contributed by atoms with Crippen LogP contribution in [0.1, 0.15) is 0 Å². The van der Waals surface area contributed by atoms with Crippen molar-refractivity contribution in [3.8, 4) is 0 Å². The molecule has 0 aliphatic carbocycles. The van der Waals surface area contributed by atoms with Gasteiger partial charge in [-0.05, 0) is 23.3 Å². The van der Waals surface area contributed by atoms with E-state index in [-0.39, 0.29) is 0 Å². The fraction of sp³-hybridized carbons (Fsp3) is 0.250. The van der Waals surface area contributed by atoms with Crippen LogP contribution in [0.4, 0.5) is 0 Å². The molecule has 1 N–H and O–H groups in total. The normalized spacial score (nSPS) is 9.80. The van der Waals surface area contributed by atoms with Crippen LogP contribution in [0, 0.1) is 0 Å². The number of thioether (sulfide) groups is 1. The molecule has 56 valence electrons. The minimum absolute atomic E-state index is 0.898. The molecule has 0 saturated heterocycles. The molecule has 0 heterocycles. The van der Waals surface area contributed by atoms with Gasteiger partial charge in [0.2, 0.25) is 0 Å². The maximum Gasteiger partial charge on any atom is 0.0264 e. The highest BCUT2D eigenvalue weighted by molar-refractivity contribution is 8.02. The first-order valence-electron chi connectivity index (χ1n) is 2.98. The molecule has 0 aromatic heterocycles. The fourth-order valence-electron chi connectivity index (χ4n) is 0.345. The molecule has 2 heteroatoms. The Bertz CT molecular complexity index is 141. The largest absolute Gasteiger partial charge is 0.389 e. The Labute approximate surface area is 66.9 Å². The molecule has 0 fully saturated rings. The van der Waals surface area contributed by atoms with E-state index in [1.54, 1.807) is 11.8 Å². The van der Waals surface area contributed by atoms with Crippen molar-refractivity contribution in [3.63, 3.8) is 0 Å². The lowest BCUT2D eigenvalue weighted by molar-refractivity contribution is 1.04. The van der Waals surface area contributed by atoms with Crippen LogP contribution in [0.25, 0.3) is 0 Å². The lowest BCUT2D eigenvalue weighted by Gasteiger charge is -1.95. The summed E-state index contributed by atoms with van der Waals surface area (Å²) in [4.78, 5) is 1.04. The van der Waals surface area contributed by atoms with Crippen molar-refractivity contribution in [2.75, 3.05) is 13.3 Å². The Morgan fingerprint density at radius 2 is 2.00 bits per heavy atom. The topological polar surface area (TPSA) is 12.0 Å². The van der Waals surface area contributed by atoms with Gasteiger partial charge < -0.3 is 5.32 Å². The van der Waals surface area contributed by atoms with E-state index < -0.39 is 0 Å². The minimum atomic E-state index is 0.898. The van der Waals surface area contributed by atoms with E-state index in [1.165, 1.54) is 0 Å². The standard InChI is InChI=1S/C8H13NS/c1-7(9-3)5-6-8(2)10-4/h5-6,9H,1-2H2,3-4H3/b6-5-. The Kier molecular flexibility index (Phi) is 4.85. The molecule has 1 nitrogen and oxygen atoms in total.